The highest BCUT2D eigenvalue weighted by molar-refractivity contribution is 7.12. The van der Waals surface area contributed by atoms with E-state index >= 15 is 0 Å². The average molecular weight is 175 g/mol. The SMILES string of the molecule is Cc1cc(Cl)c(C(C)C)s1. The molecule has 0 aliphatic rings. The summed E-state index contributed by atoms with van der Waals surface area (Å²) in [5, 5.41) is 0.928. The summed E-state index contributed by atoms with van der Waals surface area (Å²) in [7, 11) is 0. The first-order chi connectivity index (χ1) is 4.61. The molecule has 2 heteroatoms. The van der Waals surface area contributed by atoms with Crippen molar-refractivity contribution in [1.82, 2.24) is 0 Å². The van der Waals surface area contributed by atoms with E-state index < -0.39 is 0 Å². The highest BCUT2D eigenvalue weighted by Crippen LogP contribution is 2.32. The van der Waals surface area contributed by atoms with Gasteiger partial charge in [0, 0.05) is 9.75 Å². The first-order valence-electron chi connectivity index (χ1n) is 3.37. The van der Waals surface area contributed by atoms with E-state index in [4.69, 9.17) is 11.6 Å². The fourth-order valence-electron chi connectivity index (χ4n) is 0.895. The summed E-state index contributed by atoms with van der Waals surface area (Å²) < 4.78 is 0. The summed E-state index contributed by atoms with van der Waals surface area (Å²) >= 11 is 7.74. The Morgan fingerprint density at radius 1 is 1.50 bits per heavy atom. The van der Waals surface area contributed by atoms with Gasteiger partial charge in [-0.1, -0.05) is 25.4 Å². The number of thiophene rings is 1. The zero-order valence-corrected chi connectivity index (χ0v) is 8.01. The van der Waals surface area contributed by atoms with Gasteiger partial charge in [0.05, 0.1) is 5.02 Å². The molecule has 0 fully saturated rings. The molecular weight excluding hydrogens is 164 g/mol. The third-order valence-corrected chi connectivity index (χ3v) is 3.14. The summed E-state index contributed by atoms with van der Waals surface area (Å²) in [6, 6.07) is 2.03. The van der Waals surface area contributed by atoms with Crippen LogP contribution in [0.1, 0.15) is 29.5 Å². The topological polar surface area (TPSA) is 0 Å². The van der Waals surface area contributed by atoms with Crippen LogP contribution in [0.25, 0.3) is 0 Å². The molecule has 56 valence electrons. The Labute approximate surface area is 70.8 Å². The second-order valence-electron chi connectivity index (χ2n) is 2.72. The van der Waals surface area contributed by atoms with Crippen LogP contribution in [0.2, 0.25) is 5.02 Å². The van der Waals surface area contributed by atoms with Crippen LogP contribution in [0.5, 0.6) is 0 Å². The summed E-state index contributed by atoms with van der Waals surface area (Å²) in [6.45, 7) is 6.41. The lowest BCUT2D eigenvalue weighted by atomic mass is 10.2. The van der Waals surface area contributed by atoms with Gasteiger partial charge in [-0.3, -0.25) is 0 Å². The van der Waals surface area contributed by atoms with Gasteiger partial charge in [-0.25, -0.2) is 0 Å². The first kappa shape index (κ1) is 8.09. The molecule has 0 unspecified atom stereocenters. The molecule has 0 amide bonds. The standard InChI is InChI=1S/C8H11ClS/c1-5(2)8-7(9)4-6(3)10-8/h4-5H,1-3H3. The highest BCUT2D eigenvalue weighted by Gasteiger charge is 2.07. The third kappa shape index (κ3) is 1.53. The number of aryl methyl sites for hydroxylation is 1. The number of halogens is 1. The second-order valence-corrected chi connectivity index (χ2v) is 4.42. The molecule has 0 nitrogen and oxygen atoms in total. The molecule has 0 bridgehead atoms. The number of hydrogen-bond acceptors (Lipinski definition) is 1. The van der Waals surface area contributed by atoms with Crippen molar-refractivity contribution in [2.75, 3.05) is 0 Å². The van der Waals surface area contributed by atoms with E-state index in [0.29, 0.717) is 5.92 Å². The van der Waals surface area contributed by atoms with Crippen molar-refractivity contribution < 1.29 is 0 Å². The van der Waals surface area contributed by atoms with Crippen LogP contribution in [-0.4, -0.2) is 0 Å². The number of hydrogen-bond donors (Lipinski definition) is 0. The summed E-state index contributed by atoms with van der Waals surface area (Å²) in [4.78, 5) is 2.60. The summed E-state index contributed by atoms with van der Waals surface area (Å²) in [6.07, 6.45) is 0. The van der Waals surface area contributed by atoms with E-state index in [1.54, 1.807) is 11.3 Å². The fourth-order valence-corrected chi connectivity index (χ4v) is 2.37. The van der Waals surface area contributed by atoms with Gasteiger partial charge in [0.1, 0.15) is 0 Å². The highest BCUT2D eigenvalue weighted by atomic mass is 35.5. The molecule has 1 aromatic rings. The van der Waals surface area contributed by atoms with Crippen molar-refractivity contribution in [3.8, 4) is 0 Å². The fraction of sp³-hybridized carbons (Fsp3) is 0.500. The molecule has 1 heterocycles. The van der Waals surface area contributed by atoms with E-state index in [0.717, 1.165) is 5.02 Å². The molecule has 0 spiro atoms. The van der Waals surface area contributed by atoms with E-state index in [2.05, 4.69) is 20.8 Å². The Bertz CT molecular complexity index is 225. The van der Waals surface area contributed by atoms with Crippen molar-refractivity contribution in [2.24, 2.45) is 0 Å². The van der Waals surface area contributed by atoms with Gasteiger partial charge >= 0.3 is 0 Å². The Kier molecular flexibility index (Phi) is 2.37. The van der Waals surface area contributed by atoms with Crippen LogP contribution < -0.4 is 0 Å². The van der Waals surface area contributed by atoms with Crippen LogP contribution in [0.3, 0.4) is 0 Å². The summed E-state index contributed by atoms with van der Waals surface area (Å²) in [5.41, 5.74) is 0. The van der Waals surface area contributed by atoms with Crippen LogP contribution in [-0.2, 0) is 0 Å². The molecule has 1 aromatic heterocycles. The molecular formula is C8H11ClS. The van der Waals surface area contributed by atoms with E-state index in [-0.39, 0.29) is 0 Å². The molecule has 10 heavy (non-hydrogen) atoms. The minimum atomic E-state index is 0.561. The maximum atomic E-state index is 5.95. The van der Waals surface area contributed by atoms with Crippen molar-refractivity contribution >= 4 is 22.9 Å². The Morgan fingerprint density at radius 3 is 2.30 bits per heavy atom. The quantitative estimate of drug-likeness (QED) is 0.607. The third-order valence-electron chi connectivity index (χ3n) is 1.36. The van der Waals surface area contributed by atoms with Crippen molar-refractivity contribution in [3.63, 3.8) is 0 Å². The van der Waals surface area contributed by atoms with Crippen LogP contribution >= 0.6 is 22.9 Å². The van der Waals surface area contributed by atoms with Gasteiger partial charge < -0.3 is 0 Å². The van der Waals surface area contributed by atoms with Gasteiger partial charge in [0.2, 0.25) is 0 Å². The zero-order valence-electron chi connectivity index (χ0n) is 6.44. The minimum absolute atomic E-state index is 0.561. The molecule has 0 radical (unpaired) electrons. The number of rotatable bonds is 1. The lowest BCUT2D eigenvalue weighted by Gasteiger charge is -1.99. The van der Waals surface area contributed by atoms with E-state index in [1.165, 1.54) is 9.75 Å². The molecule has 0 N–H and O–H groups in total. The minimum Gasteiger partial charge on any atom is -0.144 e. The predicted octanol–water partition coefficient (Wildman–Crippen LogP) is 3.83. The molecule has 0 atom stereocenters. The molecule has 1 rings (SSSR count). The Morgan fingerprint density at radius 2 is 2.10 bits per heavy atom. The van der Waals surface area contributed by atoms with Gasteiger partial charge in [-0.05, 0) is 18.9 Å². The average Bonchev–Trinajstić information content (AvgIpc) is 2.10. The lowest BCUT2D eigenvalue weighted by molar-refractivity contribution is 0.890. The van der Waals surface area contributed by atoms with Gasteiger partial charge in [0.15, 0.2) is 0 Å². The molecule has 0 aromatic carbocycles. The molecule has 0 aliphatic heterocycles. The molecule has 0 saturated carbocycles. The van der Waals surface area contributed by atoms with Crippen LogP contribution in [0.4, 0.5) is 0 Å². The maximum Gasteiger partial charge on any atom is 0.0550 e. The largest absolute Gasteiger partial charge is 0.144 e. The monoisotopic (exact) mass is 174 g/mol. The van der Waals surface area contributed by atoms with Crippen molar-refractivity contribution in [1.29, 1.82) is 0 Å². The summed E-state index contributed by atoms with van der Waals surface area (Å²) in [5.74, 6) is 0.561. The predicted molar refractivity (Wildman–Crippen MR) is 48.2 cm³/mol. The van der Waals surface area contributed by atoms with Gasteiger partial charge in [-0.2, -0.15) is 0 Å². The van der Waals surface area contributed by atoms with Gasteiger partial charge in [0.25, 0.3) is 0 Å². The maximum absolute atomic E-state index is 5.95. The van der Waals surface area contributed by atoms with Crippen molar-refractivity contribution in [2.45, 2.75) is 26.7 Å². The normalized spacial score (nSPS) is 10.9. The van der Waals surface area contributed by atoms with Gasteiger partial charge in [-0.15, -0.1) is 11.3 Å². The lowest BCUT2D eigenvalue weighted by Crippen LogP contribution is -1.79. The first-order valence-corrected chi connectivity index (χ1v) is 4.56. The van der Waals surface area contributed by atoms with Crippen LogP contribution in [0.15, 0.2) is 6.07 Å². The zero-order chi connectivity index (χ0) is 7.72. The Balaban J connectivity index is 3.03. The van der Waals surface area contributed by atoms with E-state index in [9.17, 15) is 0 Å². The van der Waals surface area contributed by atoms with Crippen LogP contribution in [0, 0.1) is 6.92 Å². The second kappa shape index (κ2) is 2.93. The Hall–Kier alpha value is -0.0100. The molecule has 0 saturated heterocycles. The molecule has 0 aliphatic carbocycles. The van der Waals surface area contributed by atoms with E-state index in [1.807, 2.05) is 6.07 Å². The smallest absolute Gasteiger partial charge is 0.0550 e. The van der Waals surface area contributed by atoms with Crippen molar-refractivity contribution in [3.05, 3.63) is 20.8 Å².